The number of hydrogen-bond donors (Lipinski definition) is 1. The van der Waals surface area contributed by atoms with Crippen LogP contribution in [0.3, 0.4) is 0 Å². The van der Waals surface area contributed by atoms with Gasteiger partial charge < -0.3 is 8.17 Å². The number of rotatable bonds is 4. The molecule has 1 unspecified atom stereocenters. The van der Waals surface area contributed by atoms with E-state index in [1.54, 1.807) is 16.8 Å². The average Bonchev–Trinajstić information content (AvgIpc) is 3.20. The molecule has 146 valence electrons. The van der Waals surface area contributed by atoms with E-state index < -0.39 is 21.1 Å². The summed E-state index contributed by atoms with van der Waals surface area (Å²) in [7, 11) is 2.33. The molecule has 2 aromatic heterocycles. The van der Waals surface area contributed by atoms with Crippen molar-refractivity contribution in [2.45, 2.75) is 32.7 Å². The molecular formula is C19H20FIN5OP. The predicted molar refractivity (Wildman–Crippen MR) is 120 cm³/mol. The van der Waals surface area contributed by atoms with Gasteiger partial charge >= 0.3 is 0 Å². The van der Waals surface area contributed by atoms with E-state index in [9.17, 15) is 4.39 Å². The predicted octanol–water partition coefficient (Wildman–Crippen LogP) is 4.36. The van der Waals surface area contributed by atoms with Crippen LogP contribution in [0.2, 0.25) is 0 Å². The fourth-order valence-electron chi connectivity index (χ4n) is 3.43. The molecule has 6 nitrogen and oxygen atoms in total. The minimum Gasteiger partial charge on any atom is -0.336 e. The summed E-state index contributed by atoms with van der Waals surface area (Å²) >= 11 is -0.574. The number of nitrogens with zero attached hydrogens (tertiary/aromatic N) is 4. The summed E-state index contributed by atoms with van der Waals surface area (Å²) in [5, 5.41) is 7.97. The van der Waals surface area contributed by atoms with E-state index in [-0.39, 0.29) is 11.2 Å². The number of anilines is 1. The van der Waals surface area contributed by atoms with Crippen molar-refractivity contribution >= 4 is 40.1 Å². The summed E-state index contributed by atoms with van der Waals surface area (Å²) < 4.78 is 22.1. The van der Waals surface area contributed by atoms with Gasteiger partial charge in [0.05, 0.1) is 31.3 Å². The second kappa shape index (κ2) is 7.57. The summed E-state index contributed by atoms with van der Waals surface area (Å²) in [5.41, 5.74) is 3.09. The Hall–Kier alpha value is -1.77. The number of aromatic nitrogens is 4. The van der Waals surface area contributed by atoms with Crippen molar-refractivity contribution in [3.8, 4) is 11.5 Å². The van der Waals surface area contributed by atoms with E-state index in [1.807, 2.05) is 25.3 Å². The lowest BCUT2D eigenvalue weighted by molar-refractivity contribution is 0.585. The third-order valence-electron chi connectivity index (χ3n) is 4.77. The first kappa shape index (κ1) is 19.5. The van der Waals surface area contributed by atoms with Gasteiger partial charge in [0.15, 0.2) is 5.82 Å². The molecule has 1 aromatic carbocycles. The van der Waals surface area contributed by atoms with Crippen molar-refractivity contribution in [1.82, 2.24) is 19.7 Å². The second-order valence-electron chi connectivity index (χ2n) is 7.08. The Labute approximate surface area is 175 Å². The van der Waals surface area contributed by atoms with Crippen molar-refractivity contribution in [2.24, 2.45) is 0 Å². The number of benzene rings is 1. The minimum absolute atomic E-state index is 0.175. The summed E-state index contributed by atoms with van der Waals surface area (Å²) in [6.07, 6.45) is 1.82. The van der Waals surface area contributed by atoms with E-state index in [0.717, 1.165) is 20.7 Å². The normalized spacial score (nSPS) is 16.5. The van der Waals surface area contributed by atoms with Crippen LogP contribution in [0.1, 0.15) is 30.7 Å². The van der Waals surface area contributed by atoms with Crippen LogP contribution in [-0.2, 0) is 14.8 Å². The monoisotopic (exact) mass is 511 g/mol. The van der Waals surface area contributed by atoms with Crippen molar-refractivity contribution < 1.29 is 7.24 Å². The van der Waals surface area contributed by atoms with Crippen LogP contribution in [0.15, 0.2) is 36.5 Å². The molecular weight excluding hydrogens is 491 g/mol. The SMILES string of the molecule is Cc1nc(-c2ccn(Cc3ccccc3F)n2)nc2c1C(C)(C)C(=IOP)N2. The van der Waals surface area contributed by atoms with Gasteiger partial charge in [-0.3, -0.25) is 4.68 Å². The fraction of sp³-hybridized carbons (Fsp3) is 0.263. The minimum atomic E-state index is -0.574. The molecule has 0 spiro atoms. The molecule has 0 amide bonds. The van der Waals surface area contributed by atoms with Crippen LogP contribution < -0.4 is 5.32 Å². The van der Waals surface area contributed by atoms with E-state index in [0.29, 0.717) is 23.6 Å². The van der Waals surface area contributed by atoms with Crippen LogP contribution >= 0.6 is 30.6 Å². The Morgan fingerprint density at radius 2 is 2.04 bits per heavy atom. The van der Waals surface area contributed by atoms with Gasteiger partial charge in [0.1, 0.15) is 17.3 Å². The van der Waals surface area contributed by atoms with Crippen LogP contribution in [0.5, 0.6) is 0 Å². The van der Waals surface area contributed by atoms with Gasteiger partial charge in [-0.2, -0.15) is 5.10 Å². The molecule has 4 rings (SSSR count). The molecule has 9 heteroatoms. The maximum absolute atomic E-state index is 13.9. The van der Waals surface area contributed by atoms with Crippen molar-refractivity contribution in [3.05, 3.63) is 59.2 Å². The zero-order valence-corrected chi connectivity index (χ0v) is 19.0. The second-order valence-corrected chi connectivity index (χ2v) is 10.3. The zero-order valence-electron chi connectivity index (χ0n) is 15.7. The molecule has 1 N–H and O–H groups in total. The Bertz CT molecular complexity index is 1080. The molecule has 0 saturated carbocycles. The Morgan fingerprint density at radius 3 is 2.79 bits per heavy atom. The molecule has 3 heterocycles. The molecule has 1 aliphatic heterocycles. The largest absolute Gasteiger partial charge is 0.336 e. The van der Waals surface area contributed by atoms with E-state index in [2.05, 4.69) is 33.7 Å². The average molecular weight is 511 g/mol. The van der Waals surface area contributed by atoms with Crippen molar-refractivity contribution in [2.75, 3.05) is 5.32 Å². The molecule has 0 bridgehead atoms. The third kappa shape index (κ3) is 3.49. The lowest BCUT2D eigenvalue weighted by Crippen LogP contribution is -2.26. The van der Waals surface area contributed by atoms with Crippen LogP contribution in [0.25, 0.3) is 11.5 Å². The molecule has 1 atom stereocenters. The van der Waals surface area contributed by atoms with Gasteiger partial charge in [-0.05, 0) is 32.9 Å². The highest BCUT2D eigenvalue weighted by Gasteiger charge is 2.39. The van der Waals surface area contributed by atoms with Gasteiger partial charge in [-0.15, -0.1) is 0 Å². The first-order valence-electron chi connectivity index (χ1n) is 8.71. The third-order valence-corrected chi connectivity index (χ3v) is 7.68. The number of nitrogens with one attached hydrogen (secondary N) is 1. The number of fused-ring (bicyclic) bond motifs is 1. The maximum Gasteiger partial charge on any atom is 0.182 e. The van der Waals surface area contributed by atoms with Crippen LogP contribution in [0.4, 0.5) is 10.2 Å². The molecule has 0 radical (unpaired) electrons. The quantitative estimate of drug-likeness (QED) is 0.417. The highest BCUT2D eigenvalue weighted by molar-refractivity contribution is 14.2. The van der Waals surface area contributed by atoms with Gasteiger partial charge in [-0.25, -0.2) is 14.4 Å². The first-order valence-corrected chi connectivity index (χ1v) is 11.1. The van der Waals surface area contributed by atoms with Crippen LogP contribution in [0, 0.1) is 12.7 Å². The summed E-state index contributed by atoms with van der Waals surface area (Å²) in [5.74, 6) is 1.13. The van der Waals surface area contributed by atoms with Gasteiger partial charge in [0.25, 0.3) is 0 Å². The smallest absolute Gasteiger partial charge is 0.182 e. The Kier molecular flexibility index (Phi) is 5.28. The summed E-state index contributed by atoms with van der Waals surface area (Å²) in [6, 6.07) is 8.56. The first-order chi connectivity index (χ1) is 13.4. The highest BCUT2D eigenvalue weighted by atomic mass is 127. The Balaban J connectivity index is 1.67. The highest BCUT2D eigenvalue weighted by Crippen LogP contribution is 2.41. The van der Waals surface area contributed by atoms with Gasteiger partial charge in [0, 0.05) is 37.9 Å². The lowest BCUT2D eigenvalue weighted by atomic mass is 9.87. The van der Waals surface area contributed by atoms with E-state index in [1.165, 1.54) is 6.07 Å². The van der Waals surface area contributed by atoms with Crippen molar-refractivity contribution in [3.63, 3.8) is 0 Å². The molecule has 0 fully saturated rings. The number of hydrogen-bond acceptors (Lipinski definition) is 5. The molecule has 0 saturated heterocycles. The van der Waals surface area contributed by atoms with E-state index >= 15 is 0 Å². The summed E-state index contributed by atoms with van der Waals surface area (Å²) in [6.45, 7) is 6.66. The lowest BCUT2D eigenvalue weighted by Gasteiger charge is -2.19. The topological polar surface area (TPSA) is 64.9 Å². The zero-order chi connectivity index (χ0) is 19.9. The number of aryl methyl sites for hydroxylation is 1. The fourth-order valence-corrected chi connectivity index (χ4v) is 5.46. The van der Waals surface area contributed by atoms with Gasteiger partial charge in [-0.1, -0.05) is 18.2 Å². The van der Waals surface area contributed by atoms with Gasteiger partial charge in [0.2, 0.25) is 0 Å². The standard InChI is InChI=1S/C19H20FIN5OP/c1-11-15-17(24-18(21-27-28)19(15,2)3)23-16(22-11)14-8-9-26(25-14)10-12-6-4-5-7-13(12)20/h4-9H,10,28H2,1-3H3,(H,22,23,24). The molecule has 1 aliphatic rings. The summed E-state index contributed by atoms with van der Waals surface area (Å²) in [4.78, 5) is 9.41. The Morgan fingerprint density at radius 1 is 1.25 bits per heavy atom. The van der Waals surface area contributed by atoms with E-state index in [4.69, 9.17) is 12.8 Å². The van der Waals surface area contributed by atoms with Crippen molar-refractivity contribution in [1.29, 1.82) is 0 Å². The van der Waals surface area contributed by atoms with Crippen LogP contribution in [-0.4, -0.2) is 23.4 Å². The number of halogens is 2. The molecule has 28 heavy (non-hydrogen) atoms. The maximum atomic E-state index is 13.9. The molecule has 0 aliphatic carbocycles. The molecule has 3 aromatic rings.